The molecule has 1 fully saturated rings. The summed E-state index contributed by atoms with van der Waals surface area (Å²) in [4.78, 5) is 2.31. The monoisotopic (exact) mass is 185 g/mol. The SMILES string of the molecule is CCC(C)N1CCCC1C(N)=NO. The molecule has 0 saturated carbocycles. The molecule has 0 spiro atoms. The lowest BCUT2D eigenvalue weighted by atomic mass is 10.1. The Labute approximate surface area is 79.4 Å². The van der Waals surface area contributed by atoms with Crippen molar-refractivity contribution in [3.05, 3.63) is 0 Å². The lowest BCUT2D eigenvalue weighted by Gasteiger charge is -2.28. The van der Waals surface area contributed by atoms with Crippen LogP contribution in [0.25, 0.3) is 0 Å². The van der Waals surface area contributed by atoms with Gasteiger partial charge in [0.15, 0.2) is 5.84 Å². The van der Waals surface area contributed by atoms with Crippen LogP contribution in [0.3, 0.4) is 0 Å². The Kier molecular flexibility index (Phi) is 3.54. The smallest absolute Gasteiger partial charge is 0.156 e. The zero-order valence-corrected chi connectivity index (χ0v) is 8.40. The van der Waals surface area contributed by atoms with E-state index in [-0.39, 0.29) is 6.04 Å². The first-order valence-electron chi connectivity index (χ1n) is 4.93. The summed E-state index contributed by atoms with van der Waals surface area (Å²) in [6, 6.07) is 0.674. The van der Waals surface area contributed by atoms with Crippen LogP contribution in [0.15, 0.2) is 5.16 Å². The summed E-state index contributed by atoms with van der Waals surface area (Å²) >= 11 is 0. The third-order valence-corrected chi connectivity index (χ3v) is 2.91. The zero-order valence-electron chi connectivity index (χ0n) is 8.40. The third kappa shape index (κ3) is 2.12. The van der Waals surface area contributed by atoms with E-state index in [0.717, 1.165) is 25.8 Å². The Morgan fingerprint density at radius 2 is 2.46 bits per heavy atom. The van der Waals surface area contributed by atoms with Gasteiger partial charge >= 0.3 is 0 Å². The Balaban J connectivity index is 2.63. The first-order chi connectivity index (χ1) is 6.20. The van der Waals surface area contributed by atoms with Crippen LogP contribution in [0.1, 0.15) is 33.1 Å². The minimum atomic E-state index is 0.153. The van der Waals surface area contributed by atoms with E-state index in [1.165, 1.54) is 0 Å². The molecule has 1 saturated heterocycles. The van der Waals surface area contributed by atoms with Crippen molar-refractivity contribution in [1.29, 1.82) is 0 Å². The van der Waals surface area contributed by atoms with Crippen molar-refractivity contribution in [2.75, 3.05) is 6.54 Å². The fraction of sp³-hybridized carbons (Fsp3) is 0.889. The first kappa shape index (κ1) is 10.3. The van der Waals surface area contributed by atoms with Crippen LogP contribution in [0.4, 0.5) is 0 Å². The highest BCUT2D eigenvalue weighted by Gasteiger charge is 2.30. The topological polar surface area (TPSA) is 61.8 Å². The van der Waals surface area contributed by atoms with Gasteiger partial charge in [0.05, 0.1) is 6.04 Å². The van der Waals surface area contributed by atoms with E-state index in [1.54, 1.807) is 0 Å². The summed E-state index contributed by atoms with van der Waals surface area (Å²) in [5.74, 6) is 0.359. The molecule has 1 aliphatic heterocycles. The van der Waals surface area contributed by atoms with E-state index in [4.69, 9.17) is 10.9 Å². The second kappa shape index (κ2) is 4.46. The lowest BCUT2D eigenvalue weighted by molar-refractivity contribution is 0.218. The van der Waals surface area contributed by atoms with E-state index in [9.17, 15) is 0 Å². The van der Waals surface area contributed by atoms with Crippen molar-refractivity contribution in [3.63, 3.8) is 0 Å². The molecule has 0 amide bonds. The van der Waals surface area contributed by atoms with E-state index in [0.29, 0.717) is 11.9 Å². The van der Waals surface area contributed by atoms with Gasteiger partial charge in [-0.15, -0.1) is 0 Å². The number of nitrogens with zero attached hydrogens (tertiary/aromatic N) is 2. The van der Waals surface area contributed by atoms with Gasteiger partial charge in [-0.05, 0) is 32.7 Å². The maximum atomic E-state index is 8.60. The second-order valence-corrected chi connectivity index (χ2v) is 3.68. The van der Waals surface area contributed by atoms with Crippen molar-refractivity contribution in [2.45, 2.75) is 45.2 Å². The summed E-state index contributed by atoms with van der Waals surface area (Å²) in [5, 5.41) is 11.7. The maximum absolute atomic E-state index is 8.60. The van der Waals surface area contributed by atoms with E-state index in [1.807, 2.05) is 0 Å². The zero-order chi connectivity index (χ0) is 9.84. The maximum Gasteiger partial charge on any atom is 0.156 e. The molecule has 1 aliphatic rings. The molecule has 0 aromatic rings. The fourth-order valence-electron chi connectivity index (χ4n) is 1.94. The highest BCUT2D eigenvalue weighted by Crippen LogP contribution is 2.21. The number of rotatable bonds is 3. The van der Waals surface area contributed by atoms with Gasteiger partial charge in [0.1, 0.15) is 0 Å². The van der Waals surface area contributed by atoms with Crippen LogP contribution >= 0.6 is 0 Å². The molecule has 0 bridgehead atoms. The van der Waals surface area contributed by atoms with Crippen molar-refractivity contribution >= 4 is 5.84 Å². The lowest BCUT2D eigenvalue weighted by Crippen LogP contribution is -2.44. The Hall–Kier alpha value is -0.770. The normalized spacial score (nSPS) is 27.8. The quantitative estimate of drug-likeness (QED) is 0.298. The number of hydrogen-bond donors (Lipinski definition) is 2. The van der Waals surface area contributed by atoms with Crippen molar-refractivity contribution in [2.24, 2.45) is 10.9 Å². The van der Waals surface area contributed by atoms with Crippen molar-refractivity contribution in [1.82, 2.24) is 4.90 Å². The second-order valence-electron chi connectivity index (χ2n) is 3.68. The molecule has 2 unspecified atom stereocenters. The molecule has 13 heavy (non-hydrogen) atoms. The first-order valence-corrected chi connectivity index (χ1v) is 4.93. The summed E-state index contributed by atoms with van der Waals surface area (Å²) < 4.78 is 0. The largest absolute Gasteiger partial charge is 0.409 e. The van der Waals surface area contributed by atoms with Gasteiger partial charge in [-0.25, -0.2) is 0 Å². The summed E-state index contributed by atoms with van der Waals surface area (Å²) in [6.07, 6.45) is 3.26. The molecule has 2 atom stereocenters. The van der Waals surface area contributed by atoms with E-state index in [2.05, 4.69) is 23.9 Å². The minimum absolute atomic E-state index is 0.153. The molecule has 76 valence electrons. The van der Waals surface area contributed by atoms with Gasteiger partial charge in [0.2, 0.25) is 0 Å². The number of oxime groups is 1. The number of amidine groups is 1. The summed E-state index contributed by atoms with van der Waals surface area (Å²) in [6.45, 7) is 5.41. The van der Waals surface area contributed by atoms with Gasteiger partial charge in [0.25, 0.3) is 0 Å². The minimum Gasteiger partial charge on any atom is -0.409 e. The highest BCUT2D eigenvalue weighted by atomic mass is 16.4. The van der Waals surface area contributed by atoms with Crippen LogP contribution in [0, 0.1) is 0 Å². The number of likely N-dealkylation sites (tertiary alicyclic amines) is 1. The van der Waals surface area contributed by atoms with Crippen LogP contribution in [-0.4, -0.2) is 34.6 Å². The molecule has 4 heteroatoms. The van der Waals surface area contributed by atoms with Crippen molar-refractivity contribution < 1.29 is 5.21 Å². The van der Waals surface area contributed by atoms with Crippen molar-refractivity contribution in [3.8, 4) is 0 Å². The van der Waals surface area contributed by atoms with Crippen LogP contribution in [0.5, 0.6) is 0 Å². The van der Waals surface area contributed by atoms with Gasteiger partial charge < -0.3 is 10.9 Å². The average molecular weight is 185 g/mol. The number of nitrogens with two attached hydrogens (primary N) is 1. The van der Waals surface area contributed by atoms with Gasteiger partial charge in [-0.1, -0.05) is 12.1 Å². The Morgan fingerprint density at radius 1 is 1.77 bits per heavy atom. The predicted octanol–water partition coefficient (Wildman–Crippen LogP) is 0.996. The van der Waals surface area contributed by atoms with E-state index < -0.39 is 0 Å². The third-order valence-electron chi connectivity index (χ3n) is 2.91. The summed E-state index contributed by atoms with van der Waals surface area (Å²) in [7, 11) is 0. The predicted molar refractivity (Wildman–Crippen MR) is 52.9 cm³/mol. The van der Waals surface area contributed by atoms with E-state index >= 15 is 0 Å². The molecule has 0 aliphatic carbocycles. The molecule has 0 radical (unpaired) electrons. The molecular weight excluding hydrogens is 166 g/mol. The van der Waals surface area contributed by atoms with Crippen LogP contribution in [-0.2, 0) is 0 Å². The van der Waals surface area contributed by atoms with Gasteiger partial charge in [-0.2, -0.15) is 0 Å². The Morgan fingerprint density at radius 3 is 3.00 bits per heavy atom. The molecular formula is C9H19N3O. The van der Waals surface area contributed by atoms with Crippen LogP contribution in [0.2, 0.25) is 0 Å². The highest BCUT2D eigenvalue weighted by molar-refractivity contribution is 5.85. The molecule has 0 aromatic carbocycles. The Bertz CT molecular complexity index is 193. The summed E-state index contributed by atoms with van der Waals surface area (Å²) in [5.41, 5.74) is 5.62. The molecule has 1 heterocycles. The standard InChI is InChI=1S/C9H19N3O/c1-3-7(2)12-6-4-5-8(12)9(10)11-13/h7-8,13H,3-6H2,1-2H3,(H2,10,11). The molecule has 4 nitrogen and oxygen atoms in total. The number of hydrogen-bond acceptors (Lipinski definition) is 3. The molecule has 0 aromatic heterocycles. The van der Waals surface area contributed by atoms with Gasteiger partial charge in [-0.3, -0.25) is 4.90 Å². The average Bonchev–Trinajstić information content (AvgIpc) is 2.63. The van der Waals surface area contributed by atoms with Gasteiger partial charge in [0, 0.05) is 6.04 Å². The molecule has 1 rings (SSSR count). The molecule has 3 N–H and O–H groups in total. The van der Waals surface area contributed by atoms with Crippen LogP contribution < -0.4 is 5.73 Å². The fourth-order valence-corrected chi connectivity index (χ4v) is 1.94.